The molecule has 17 heavy (non-hydrogen) atoms. The van der Waals surface area contributed by atoms with E-state index in [2.05, 4.69) is 4.98 Å². The largest absolute Gasteiger partial charge is 0.377 e. The van der Waals surface area contributed by atoms with Crippen LogP contribution in [-0.4, -0.2) is 25.4 Å². The molecule has 1 aromatic carbocycles. The molecule has 0 aliphatic rings. The number of aromatic nitrogens is 1. The van der Waals surface area contributed by atoms with Crippen molar-refractivity contribution in [1.82, 2.24) is 4.98 Å². The fraction of sp³-hybridized carbons (Fsp3) is 0.231. The zero-order chi connectivity index (χ0) is 12.6. The maximum absolute atomic E-state index is 11.1. The third kappa shape index (κ3) is 2.11. The molecule has 3 nitrogen and oxygen atoms in total. The lowest BCUT2D eigenvalue weighted by Crippen LogP contribution is -2.10. The Bertz CT molecular complexity index is 593. The Kier molecular flexibility index (Phi) is 3.03. The molecule has 1 aromatic heterocycles. The van der Waals surface area contributed by atoms with Gasteiger partial charge in [-0.3, -0.25) is 9.78 Å². The van der Waals surface area contributed by atoms with Crippen molar-refractivity contribution in [1.29, 1.82) is 0 Å². The highest BCUT2D eigenvalue weighted by Gasteiger charge is 2.10. The standard InChI is InChI=1S/C13H13ClN2O/c1-8-4-12(16(2)3)11-6-10(14)5-9(7-17)13(11)15-8/h4-7H,1-3H3. The highest BCUT2D eigenvalue weighted by molar-refractivity contribution is 6.32. The van der Waals surface area contributed by atoms with Gasteiger partial charge in [-0.05, 0) is 25.1 Å². The molecule has 1 heterocycles. The molecule has 2 aromatic rings. The van der Waals surface area contributed by atoms with Gasteiger partial charge in [0, 0.05) is 41.4 Å². The molecular weight excluding hydrogens is 236 g/mol. The normalized spacial score (nSPS) is 10.6. The van der Waals surface area contributed by atoms with Crippen molar-refractivity contribution in [3.8, 4) is 0 Å². The third-order valence-electron chi connectivity index (χ3n) is 2.62. The highest BCUT2D eigenvalue weighted by atomic mass is 35.5. The molecule has 0 unspecified atom stereocenters. The zero-order valence-corrected chi connectivity index (χ0v) is 10.7. The number of carbonyl (C=O) groups excluding carboxylic acids is 1. The van der Waals surface area contributed by atoms with Crippen LogP contribution in [-0.2, 0) is 0 Å². The van der Waals surface area contributed by atoms with E-state index in [1.165, 1.54) is 0 Å². The Morgan fingerprint density at radius 1 is 1.29 bits per heavy atom. The first-order valence-corrected chi connectivity index (χ1v) is 5.64. The summed E-state index contributed by atoms with van der Waals surface area (Å²) in [6.07, 6.45) is 0.792. The Morgan fingerprint density at radius 3 is 2.59 bits per heavy atom. The third-order valence-corrected chi connectivity index (χ3v) is 2.84. The van der Waals surface area contributed by atoms with Crippen molar-refractivity contribution in [2.24, 2.45) is 0 Å². The van der Waals surface area contributed by atoms with Gasteiger partial charge in [0.1, 0.15) is 0 Å². The Morgan fingerprint density at radius 2 is 2.00 bits per heavy atom. The quantitative estimate of drug-likeness (QED) is 0.766. The van der Waals surface area contributed by atoms with Gasteiger partial charge < -0.3 is 4.90 Å². The molecule has 0 aliphatic heterocycles. The summed E-state index contributed by atoms with van der Waals surface area (Å²) in [5.41, 5.74) is 3.12. The molecule has 0 radical (unpaired) electrons. The van der Waals surface area contributed by atoms with E-state index in [0.717, 1.165) is 23.1 Å². The second kappa shape index (κ2) is 4.34. The van der Waals surface area contributed by atoms with Crippen molar-refractivity contribution in [3.63, 3.8) is 0 Å². The second-order valence-electron chi connectivity index (χ2n) is 4.19. The van der Waals surface area contributed by atoms with Crippen molar-refractivity contribution in [3.05, 3.63) is 34.5 Å². The van der Waals surface area contributed by atoms with E-state index in [0.29, 0.717) is 16.1 Å². The smallest absolute Gasteiger partial charge is 0.152 e. The van der Waals surface area contributed by atoms with Crippen LogP contribution in [0, 0.1) is 6.92 Å². The van der Waals surface area contributed by atoms with Crippen LogP contribution in [0.4, 0.5) is 5.69 Å². The fourth-order valence-electron chi connectivity index (χ4n) is 1.88. The number of halogens is 1. The molecule has 0 aliphatic carbocycles. The van der Waals surface area contributed by atoms with Crippen LogP contribution in [0.3, 0.4) is 0 Å². The Balaban J connectivity index is 2.92. The fourth-order valence-corrected chi connectivity index (χ4v) is 2.11. The molecule has 0 spiro atoms. The molecule has 0 saturated heterocycles. The first kappa shape index (κ1) is 11.9. The van der Waals surface area contributed by atoms with Crippen molar-refractivity contribution in [2.75, 3.05) is 19.0 Å². The molecule has 88 valence electrons. The number of fused-ring (bicyclic) bond motifs is 1. The summed E-state index contributed by atoms with van der Waals surface area (Å²) in [6, 6.07) is 5.46. The number of pyridine rings is 1. The van der Waals surface area contributed by atoms with Gasteiger partial charge in [0.15, 0.2) is 6.29 Å². The molecule has 0 N–H and O–H groups in total. The summed E-state index contributed by atoms with van der Waals surface area (Å²) in [6.45, 7) is 1.91. The number of hydrogen-bond acceptors (Lipinski definition) is 3. The van der Waals surface area contributed by atoms with Gasteiger partial charge in [0.2, 0.25) is 0 Å². The van der Waals surface area contributed by atoms with E-state index in [9.17, 15) is 4.79 Å². The molecule has 0 amide bonds. The average Bonchev–Trinajstić information content (AvgIpc) is 2.27. The number of anilines is 1. The van der Waals surface area contributed by atoms with Crippen LogP contribution in [0.15, 0.2) is 18.2 Å². The lowest BCUT2D eigenvalue weighted by Gasteiger charge is -2.16. The number of aldehydes is 1. The van der Waals surface area contributed by atoms with Gasteiger partial charge in [-0.2, -0.15) is 0 Å². The molecule has 2 rings (SSSR count). The SMILES string of the molecule is Cc1cc(N(C)C)c2cc(Cl)cc(C=O)c2n1. The van der Waals surface area contributed by atoms with E-state index in [1.807, 2.05) is 38.1 Å². The zero-order valence-electron chi connectivity index (χ0n) is 9.99. The predicted octanol–water partition coefficient (Wildman–Crippen LogP) is 3.08. The van der Waals surface area contributed by atoms with E-state index in [1.54, 1.807) is 6.07 Å². The van der Waals surface area contributed by atoms with Crippen molar-refractivity contribution in [2.45, 2.75) is 6.92 Å². The molecule has 0 atom stereocenters. The van der Waals surface area contributed by atoms with Gasteiger partial charge in [0.25, 0.3) is 0 Å². The molecule has 0 fully saturated rings. The van der Waals surface area contributed by atoms with Crippen LogP contribution in [0.5, 0.6) is 0 Å². The summed E-state index contributed by atoms with van der Waals surface area (Å²) < 4.78 is 0. The molecule has 0 saturated carbocycles. The first-order chi connectivity index (χ1) is 8.02. The maximum atomic E-state index is 11.1. The maximum Gasteiger partial charge on any atom is 0.152 e. The van der Waals surface area contributed by atoms with Crippen molar-refractivity contribution >= 4 is 34.5 Å². The number of aryl methyl sites for hydroxylation is 1. The minimum absolute atomic E-state index is 0.527. The summed E-state index contributed by atoms with van der Waals surface area (Å²) in [7, 11) is 3.91. The van der Waals surface area contributed by atoms with Crippen LogP contribution in [0.1, 0.15) is 16.1 Å². The summed E-state index contributed by atoms with van der Waals surface area (Å²) in [5, 5.41) is 1.45. The molecule has 0 bridgehead atoms. The topological polar surface area (TPSA) is 33.2 Å². The Labute approximate surface area is 105 Å². The minimum atomic E-state index is 0.527. The summed E-state index contributed by atoms with van der Waals surface area (Å²) in [5.74, 6) is 0. The van der Waals surface area contributed by atoms with Crippen LogP contribution in [0.2, 0.25) is 5.02 Å². The lowest BCUT2D eigenvalue weighted by molar-refractivity contribution is 0.112. The van der Waals surface area contributed by atoms with Crippen molar-refractivity contribution < 1.29 is 4.79 Å². The van der Waals surface area contributed by atoms with Crippen LogP contribution in [0.25, 0.3) is 10.9 Å². The molecule has 4 heteroatoms. The first-order valence-electron chi connectivity index (χ1n) is 5.26. The molecular formula is C13H13ClN2O. The van der Waals surface area contributed by atoms with E-state index in [-0.39, 0.29) is 0 Å². The van der Waals surface area contributed by atoms with Crippen LogP contribution < -0.4 is 4.90 Å². The van der Waals surface area contributed by atoms with Crippen LogP contribution >= 0.6 is 11.6 Å². The highest BCUT2D eigenvalue weighted by Crippen LogP contribution is 2.30. The lowest BCUT2D eigenvalue weighted by atomic mass is 10.1. The monoisotopic (exact) mass is 248 g/mol. The van der Waals surface area contributed by atoms with E-state index >= 15 is 0 Å². The summed E-state index contributed by atoms with van der Waals surface area (Å²) in [4.78, 5) is 17.5. The van der Waals surface area contributed by atoms with Gasteiger partial charge in [-0.25, -0.2) is 0 Å². The number of carbonyl (C=O) groups is 1. The van der Waals surface area contributed by atoms with Gasteiger partial charge in [0.05, 0.1) is 5.52 Å². The summed E-state index contributed by atoms with van der Waals surface area (Å²) >= 11 is 6.01. The van der Waals surface area contributed by atoms with Gasteiger partial charge in [-0.15, -0.1) is 0 Å². The number of nitrogens with zero attached hydrogens (tertiary/aromatic N) is 2. The number of benzene rings is 1. The van der Waals surface area contributed by atoms with Gasteiger partial charge in [-0.1, -0.05) is 11.6 Å². The van der Waals surface area contributed by atoms with E-state index < -0.39 is 0 Å². The number of rotatable bonds is 2. The predicted molar refractivity (Wildman–Crippen MR) is 71.2 cm³/mol. The average molecular weight is 249 g/mol. The van der Waals surface area contributed by atoms with E-state index in [4.69, 9.17) is 11.6 Å². The Hall–Kier alpha value is -1.61. The van der Waals surface area contributed by atoms with Gasteiger partial charge >= 0.3 is 0 Å². The number of hydrogen-bond donors (Lipinski definition) is 0. The minimum Gasteiger partial charge on any atom is -0.377 e. The second-order valence-corrected chi connectivity index (χ2v) is 4.62.